The molecule has 1 unspecified atom stereocenters. The number of nitrogens with one attached hydrogen (secondary N) is 2. The first-order valence-corrected chi connectivity index (χ1v) is 9.88. The molecule has 3 amide bonds. The Balaban J connectivity index is 1.50. The van der Waals surface area contributed by atoms with Gasteiger partial charge < -0.3 is 20.0 Å². The number of halogens is 1. The molecule has 1 aromatic carbocycles. The topological polar surface area (TPSA) is 91.7 Å². The van der Waals surface area contributed by atoms with Gasteiger partial charge in [-0.2, -0.15) is 0 Å². The molecule has 1 atom stereocenters. The number of nitrogens with zero attached hydrogens (tertiary/aromatic N) is 1. The van der Waals surface area contributed by atoms with Crippen LogP contribution in [-0.2, 0) is 9.59 Å². The van der Waals surface area contributed by atoms with Crippen molar-refractivity contribution in [2.24, 2.45) is 5.92 Å². The Morgan fingerprint density at radius 1 is 1.29 bits per heavy atom. The number of amides is 3. The summed E-state index contributed by atoms with van der Waals surface area (Å²) in [5.41, 5.74) is 2.11. The molecule has 1 saturated heterocycles. The fourth-order valence-corrected chi connectivity index (χ4v) is 3.69. The van der Waals surface area contributed by atoms with Crippen molar-refractivity contribution in [1.29, 1.82) is 0 Å². The van der Waals surface area contributed by atoms with Crippen LogP contribution in [0.15, 0.2) is 45.7 Å². The van der Waals surface area contributed by atoms with Crippen LogP contribution in [0.1, 0.15) is 28.8 Å². The summed E-state index contributed by atoms with van der Waals surface area (Å²) >= 11 is 3.38. The summed E-state index contributed by atoms with van der Waals surface area (Å²) < 4.78 is 5.89. The van der Waals surface area contributed by atoms with E-state index in [1.54, 1.807) is 17.0 Å². The third kappa shape index (κ3) is 5.01. The molecule has 1 aromatic heterocycles. The SMILES string of the molecule is Cc1cc(Br)ccc1NC(=O)CNC(=O)C1CCCN(C(=O)c2ccoc2)C1. The van der Waals surface area contributed by atoms with E-state index in [1.807, 2.05) is 19.1 Å². The van der Waals surface area contributed by atoms with Gasteiger partial charge in [-0.15, -0.1) is 0 Å². The van der Waals surface area contributed by atoms with Gasteiger partial charge in [0.05, 0.1) is 24.3 Å². The Labute approximate surface area is 171 Å². The van der Waals surface area contributed by atoms with Crippen LogP contribution < -0.4 is 10.6 Å². The number of anilines is 1. The van der Waals surface area contributed by atoms with Gasteiger partial charge in [-0.3, -0.25) is 14.4 Å². The fourth-order valence-electron chi connectivity index (χ4n) is 3.22. The molecular weight excluding hydrogens is 426 g/mol. The number of carbonyl (C=O) groups is 3. The van der Waals surface area contributed by atoms with Gasteiger partial charge >= 0.3 is 0 Å². The van der Waals surface area contributed by atoms with E-state index in [0.717, 1.165) is 16.5 Å². The van der Waals surface area contributed by atoms with E-state index in [0.29, 0.717) is 30.8 Å². The molecule has 28 heavy (non-hydrogen) atoms. The first kappa shape index (κ1) is 20.1. The summed E-state index contributed by atoms with van der Waals surface area (Å²) in [7, 11) is 0. The van der Waals surface area contributed by atoms with E-state index in [2.05, 4.69) is 26.6 Å². The van der Waals surface area contributed by atoms with Crippen LogP contribution in [0.5, 0.6) is 0 Å². The van der Waals surface area contributed by atoms with E-state index in [4.69, 9.17) is 4.42 Å². The lowest BCUT2D eigenvalue weighted by Gasteiger charge is -2.31. The van der Waals surface area contributed by atoms with Crippen LogP contribution in [0.25, 0.3) is 0 Å². The van der Waals surface area contributed by atoms with Crippen molar-refractivity contribution in [1.82, 2.24) is 10.2 Å². The Morgan fingerprint density at radius 3 is 2.82 bits per heavy atom. The normalized spacial score (nSPS) is 16.5. The highest BCUT2D eigenvalue weighted by atomic mass is 79.9. The quantitative estimate of drug-likeness (QED) is 0.736. The summed E-state index contributed by atoms with van der Waals surface area (Å²) in [5.74, 6) is -0.977. The molecule has 1 fully saturated rings. The molecule has 148 valence electrons. The van der Waals surface area contributed by atoms with Gasteiger partial charge in [-0.05, 0) is 49.6 Å². The molecule has 1 aliphatic heterocycles. The zero-order chi connectivity index (χ0) is 20.1. The van der Waals surface area contributed by atoms with Gasteiger partial charge in [0, 0.05) is 23.2 Å². The smallest absolute Gasteiger partial charge is 0.257 e. The highest BCUT2D eigenvalue weighted by Gasteiger charge is 2.29. The summed E-state index contributed by atoms with van der Waals surface area (Å²) in [5, 5.41) is 5.47. The van der Waals surface area contributed by atoms with Crippen molar-refractivity contribution in [3.63, 3.8) is 0 Å². The van der Waals surface area contributed by atoms with Gasteiger partial charge in [0.25, 0.3) is 5.91 Å². The van der Waals surface area contributed by atoms with Gasteiger partial charge in [0.1, 0.15) is 6.26 Å². The molecular formula is C20H22BrN3O4. The average molecular weight is 448 g/mol. The second-order valence-corrected chi connectivity index (χ2v) is 7.74. The lowest BCUT2D eigenvalue weighted by atomic mass is 9.96. The molecule has 0 saturated carbocycles. The number of carbonyl (C=O) groups excluding carboxylic acids is 3. The zero-order valence-corrected chi connectivity index (χ0v) is 17.1. The van der Waals surface area contributed by atoms with Crippen molar-refractivity contribution in [3.05, 3.63) is 52.4 Å². The van der Waals surface area contributed by atoms with E-state index < -0.39 is 0 Å². The van der Waals surface area contributed by atoms with Crippen molar-refractivity contribution in [3.8, 4) is 0 Å². The van der Waals surface area contributed by atoms with Crippen LogP contribution in [0.4, 0.5) is 5.69 Å². The summed E-state index contributed by atoms with van der Waals surface area (Å²) in [4.78, 5) is 38.7. The van der Waals surface area contributed by atoms with Crippen LogP contribution in [0.2, 0.25) is 0 Å². The highest BCUT2D eigenvalue weighted by molar-refractivity contribution is 9.10. The molecule has 8 heteroatoms. The Hall–Kier alpha value is -2.61. The summed E-state index contributed by atoms with van der Waals surface area (Å²) in [6, 6.07) is 7.16. The maximum atomic E-state index is 12.5. The molecule has 3 rings (SSSR count). The van der Waals surface area contributed by atoms with E-state index >= 15 is 0 Å². The van der Waals surface area contributed by atoms with Crippen molar-refractivity contribution in [2.45, 2.75) is 19.8 Å². The molecule has 2 heterocycles. The highest BCUT2D eigenvalue weighted by Crippen LogP contribution is 2.20. The largest absolute Gasteiger partial charge is 0.472 e. The van der Waals surface area contributed by atoms with Gasteiger partial charge in [-0.25, -0.2) is 0 Å². The number of hydrogen-bond donors (Lipinski definition) is 2. The van der Waals surface area contributed by atoms with E-state index in [-0.39, 0.29) is 30.2 Å². The Kier molecular flexibility index (Phi) is 6.51. The standard InChI is InChI=1S/C20H22BrN3O4/c1-13-9-16(21)4-5-17(13)23-18(25)10-22-19(26)14-3-2-7-24(11-14)20(27)15-6-8-28-12-15/h4-6,8-9,12,14H,2-3,7,10-11H2,1H3,(H,22,26)(H,23,25). The number of piperidine rings is 1. The van der Waals surface area contributed by atoms with Gasteiger partial charge in [0.2, 0.25) is 11.8 Å². The average Bonchev–Trinajstić information content (AvgIpc) is 3.22. The number of likely N-dealkylation sites (tertiary alicyclic amines) is 1. The number of benzene rings is 1. The second-order valence-electron chi connectivity index (χ2n) is 6.83. The van der Waals surface area contributed by atoms with Crippen LogP contribution in [-0.4, -0.2) is 42.3 Å². The molecule has 0 radical (unpaired) electrons. The minimum absolute atomic E-state index is 0.111. The number of aryl methyl sites for hydroxylation is 1. The molecule has 2 aromatic rings. The molecule has 2 N–H and O–H groups in total. The zero-order valence-electron chi connectivity index (χ0n) is 15.5. The Morgan fingerprint density at radius 2 is 2.11 bits per heavy atom. The molecule has 0 bridgehead atoms. The number of rotatable bonds is 5. The van der Waals surface area contributed by atoms with Crippen LogP contribution in [0.3, 0.4) is 0 Å². The van der Waals surface area contributed by atoms with E-state index in [1.165, 1.54) is 12.5 Å². The lowest BCUT2D eigenvalue weighted by Crippen LogP contribution is -2.46. The van der Waals surface area contributed by atoms with Gasteiger partial charge in [-0.1, -0.05) is 15.9 Å². The molecule has 0 aliphatic carbocycles. The summed E-state index contributed by atoms with van der Waals surface area (Å²) in [6.45, 7) is 2.73. The van der Waals surface area contributed by atoms with Crippen molar-refractivity contribution in [2.75, 3.05) is 25.0 Å². The molecule has 1 aliphatic rings. The maximum absolute atomic E-state index is 12.5. The first-order valence-electron chi connectivity index (χ1n) is 9.09. The fraction of sp³-hybridized carbons (Fsp3) is 0.350. The minimum Gasteiger partial charge on any atom is -0.472 e. The lowest BCUT2D eigenvalue weighted by molar-refractivity contribution is -0.128. The Bertz CT molecular complexity index is 866. The van der Waals surface area contributed by atoms with Crippen molar-refractivity contribution < 1.29 is 18.8 Å². The predicted octanol–water partition coefficient (Wildman–Crippen LogP) is 2.96. The first-order chi connectivity index (χ1) is 13.4. The van der Waals surface area contributed by atoms with Crippen LogP contribution >= 0.6 is 15.9 Å². The number of hydrogen-bond acceptors (Lipinski definition) is 4. The van der Waals surface area contributed by atoms with Gasteiger partial charge in [0.15, 0.2) is 0 Å². The summed E-state index contributed by atoms with van der Waals surface area (Å²) in [6.07, 6.45) is 4.29. The third-order valence-electron chi connectivity index (χ3n) is 4.73. The maximum Gasteiger partial charge on any atom is 0.257 e. The van der Waals surface area contributed by atoms with Crippen LogP contribution in [0, 0.1) is 12.8 Å². The van der Waals surface area contributed by atoms with Crippen molar-refractivity contribution >= 4 is 39.3 Å². The van der Waals surface area contributed by atoms with E-state index in [9.17, 15) is 14.4 Å². The number of furan rings is 1. The monoisotopic (exact) mass is 447 g/mol. The third-order valence-corrected chi connectivity index (χ3v) is 5.23. The molecule has 7 nitrogen and oxygen atoms in total. The second kappa shape index (κ2) is 9.05. The molecule has 0 spiro atoms. The minimum atomic E-state index is -0.327. The predicted molar refractivity (Wildman–Crippen MR) is 108 cm³/mol.